The van der Waals surface area contributed by atoms with E-state index in [0.29, 0.717) is 6.61 Å². The van der Waals surface area contributed by atoms with Gasteiger partial charge < -0.3 is 25.8 Å². The van der Waals surface area contributed by atoms with Crippen LogP contribution in [0.3, 0.4) is 0 Å². The molecule has 1 fully saturated rings. The minimum atomic E-state index is -2.27. The van der Waals surface area contributed by atoms with Crippen LogP contribution < -0.4 is 21.8 Å². The van der Waals surface area contributed by atoms with Crippen molar-refractivity contribution in [3.63, 3.8) is 0 Å². The molecule has 0 bridgehead atoms. The van der Waals surface area contributed by atoms with Gasteiger partial charge in [0.25, 0.3) is 11.4 Å². The van der Waals surface area contributed by atoms with E-state index >= 15 is 0 Å². The lowest BCUT2D eigenvalue weighted by Gasteiger charge is -2.45. The third-order valence-corrected chi connectivity index (χ3v) is 4.38. The van der Waals surface area contributed by atoms with Crippen molar-refractivity contribution in [2.24, 2.45) is 16.5 Å². The monoisotopic (exact) mass is 301 g/mol. The lowest BCUT2D eigenvalue weighted by atomic mass is 9.86. The number of nitrogens with two attached hydrogens (primary N) is 2. The van der Waals surface area contributed by atoms with Crippen LogP contribution in [0.15, 0.2) is 4.99 Å². The molecule has 118 valence electrons. The van der Waals surface area contributed by atoms with Gasteiger partial charge in [-0.2, -0.15) is 0 Å². The lowest BCUT2D eigenvalue weighted by molar-refractivity contribution is -0.523. The zero-order valence-corrected chi connectivity index (χ0v) is 11.7. The second-order valence-electron chi connectivity index (χ2n) is 5.45. The molecule has 1 spiro atoms. The molecule has 3 heterocycles. The van der Waals surface area contributed by atoms with E-state index in [0.717, 1.165) is 0 Å². The Balaban J connectivity index is 2.11. The fraction of sp³-hybridized carbons (Fsp3) is 0.818. The number of hydrogen-bond donors (Lipinski definition) is 7. The first-order valence-corrected chi connectivity index (χ1v) is 6.83. The maximum atomic E-state index is 10.7. The second kappa shape index (κ2) is 4.44. The number of ether oxygens (including phenoxy) is 1. The fourth-order valence-corrected chi connectivity index (χ4v) is 3.51. The first-order chi connectivity index (χ1) is 9.88. The summed E-state index contributed by atoms with van der Waals surface area (Å²) in [7, 11) is 0. The molecule has 3 aliphatic heterocycles. The van der Waals surface area contributed by atoms with E-state index in [-0.39, 0.29) is 25.1 Å². The molecule has 0 aromatic heterocycles. The lowest BCUT2D eigenvalue weighted by Crippen LogP contribution is -2.90. The van der Waals surface area contributed by atoms with Gasteiger partial charge in [-0.05, 0) is 6.92 Å². The van der Waals surface area contributed by atoms with E-state index < -0.39 is 29.6 Å². The molecule has 10 heteroatoms. The number of aliphatic hydroxyl groups is 3. The maximum Gasteiger partial charge on any atom is 0.343 e. The van der Waals surface area contributed by atoms with Crippen molar-refractivity contribution in [1.82, 2.24) is 10.2 Å². The van der Waals surface area contributed by atoms with Crippen molar-refractivity contribution < 1.29 is 25.0 Å². The summed E-state index contributed by atoms with van der Waals surface area (Å²) in [5.41, 5.74) is 10.3. The first kappa shape index (κ1) is 14.3. The van der Waals surface area contributed by atoms with Crippen molar-refractivity contribution >= 4 is 11.9 Å². The zero-order valence-electron chi connectivity index (χ0n) is 11.7. The van der Waals surface area contributed by atoms with Gasteiger partial charge in [0.05, 0.1) is 13.2 Å². The summed E-state index contributed by atoms with van der Waals surface area (Å²) in [6.45, 7) is 1.91. The number of aliphatic imine (C=N–C) groups is 1. The minimum Gasteiger partial charge on any atom is -0.394 e. The quantitative estimate of drug-likeness (QED) is 0.253. The number of hydrogen-bond acceptors (Lipinski definition) is 9. The summed E-state index contributed by atoms with van der Waals surface area (Å²) in [4.78, 5) is 8.62. The van der Waals surface area contributed by atoms with E-state index in [4.69, 9.17) is 16.2 Å². The third-order valence-electron chi connectivity index (χ3n) is 4.38. The summed E-state index contributed by atoms with van der Waals surface area (Å²) in [6.07, 6.45) is -0.892. The van der Waals surface area contributed by atoms with Crippen LogP contribution in [0.2, 0.25) is 0 Å². The first-order valence-electron chi connectivity index (χ1n) is 6.83. The van der Waals surface area contributed by atoms with E-state index in [9.17, 15) is 15.3 Å². The van der Waals surface area contributed by atoms with Crippen molar-refractivity contribution in [2.75, 3.05) is 19.8 Å². The van der Waals surface area contributed by atoms with Crippen LogP contribution in [0.4, 0.5) is 0 Å². The van der Waals surface area contributed by atoms with Crippen molar-refractivity contribution in [2.45, 2.75) is 36.6 Å². The standard InChI is InChI=1S/C11H20N6O4/c1-2-21-6-3-17-9(13)14-5(4-18)7-10(17,11(6,19)20)16-8(12)15-7/h5-7,18-20H,2-4H2,1H3,(H2,13,14)(H3,12,15,16)/p+1/t5-,6+,7-,10-/m0/s1. The average molecular weight is 301 g/mol. The molecule has 0 aliphatic carbocycles. The van der Waals surface area contributed by atoms with Crippen LogP contribution in [-0.2, 0) is 4.74 Å². The molecule has 3 aliphatic rings. The summed E-state index contributed by atoms with van der Waals surface area (Å²) in [6, 6.07) is -1.32. The molecule has 4 atom stereocenters. The van der Waals surface area contributed by atoms with Gasteiger partial charge in [0.1, 0.15) is 12.1 Å². The zero-order chi connectivity index (χ0) is 15.4. The van der Waals surface area contributed by atoms with Crippen LogP contribution >= 0.6 is 0 Å². The summed E-state index contributed by atoms with van der Waals surface area (Å²) in [5.74, 6) is -2.00. The smallest absolute Gasteiger partial charge is 0.343 e. The van der Waals surface area contributed by atoms with Crippen LogP contribution in [-0.4, -0.2) is 81.5 Å². The predicted molar refractivity (Wildman–Crippen MR) is 71.6 cm³/mol. The van der Waals surface area contributed by atoms with Gasteiger partial charge in [0, 0.05) is 6.61 Å². The Labute approximate surface area is 121 Å². The normalized spacial score (nSPS) is 40.2. The number of aliphatic hydroxyl groups excluding tert-OH is 1. The Morgan fingerprint density at radius 3 is 2.86 bits per heavy atom. The molecule has 0 unspecified atom stereocenters. The summed E-state index contributed by atoms with van der Waals surface area (Å²) in [5, 5.41) is 33.8. The van der Waals surface area contributed by atoms with Crippen LogP contribution in [0.1, 0.15) is 6.92 Å². The van der Waals surface area contributed by atoms with Gasteiger partial charge in [0.15, 0.2) is 12.0 Å². The van der Waals surface area contributed by atoms with E-state index in [1.54, 1.807) is 6.92 Å². The Hall–Kier alpha value is -1.62. The van der Waals surface area contributed by atoms with Gasteiger partial charge in [-0.25, -0.2) is 10.3 Å². The molecule has 0 radical (unpaired) electrons. The highest BCUT2D eigenvalue weighted by atomic mass is 16.6. The highest BCUT2D eigenvalue weighted by Gasteiger charge is 2.76. The fourth-order valence-electron chi connectivity index (χ4n) is 3.51. The molecule has 3 rings (SSSR count). The largest absolute Gasteiger partial charge is 0.394 e. The highest BCUT2D eigenvalue weighted by molar-refractivity contribution is 5.84. The number of nitrogens with zero attached hydrogens (tertiary/aromatic N) is 2. The average Bonchev–Trinajstić information content (AvgIpc) is 2.88. The van der Waals surface area contributed by atoms with Gasteiger partial charge in [-0.3, -0.25) is 15.6 Å². The topological polar surface area (TPSA) is 164 Å². The second-order valence-corrected chi connectivity index (χ2v) is 5.45. The van der Waals surface area contributed by atoms with Gasteiger partial charge in [0.2, 0.25) is 0 Å². The molecule has 0 saturated carbocycles. The number of nitrogens with one attached hydrogen (secondary N) is 2. The van der Waals surface area contributed by atoms with Crippen molar-refractivity contribution in [1.29, 1.82) is 0 Å². The molecular weight excluding hydrogens is 280 g/mol. The Morgan fingerprint density at radius 1 is 1.52 bits per heavy atom. The number of guanidine groups is 2. The van der Waals surface area contributed by atoms with Gasteiger partial charge >= 0.3 is 5.96 Å². The molecule has 0 amide bonds. The molecule has 1 saturated heterocycles. The Bertz CT molecular complexity index is 509. The van der Waals surface area contributed by atoms with E-state index in [2.05, 4.69) is 15.3 Å². The molecule has 0 aromatic rings. The number of rotatable bonds is 3. The van der Waals surface area contributed by atoms with E-state index in [1.807, 2.05) is 0 Å². The van der Waals surface area contributed by atoms with Crippen molar-refractivity contribution in [3.8, 4) is 0 Å². The van der Waals surface area contributed by atoms with Gasteiger partial charge in [-0.1, -0.05) is 0 Å². The SMILES string of the molecule is CCO[C@@H]1CN2C(N)=N[C@@H](CO)[C@@H]3[NH+]=C(N)N[C@@]32C1(O)O. The summed E-state index contributed by atoms with van der Waals surface area (Å²) < 4.78 is 5.43. The Morgan fingerprint density at radius 2 is 2.24 bits per heavy atom. The maximum absolute atomic E-state index is 10.7. The van der Waals surface area contributed by atoms with Gasteiger partial charge in [-0.15, -0.1) is 0 Å². The molecular formula is C11H21N6O4+. The van der Waals surface area contributed by atoms with Crippen LogP contribution in [0, 0.1) is 0 Å². The Kier molecular flexibility index (Phi) is 3.03. The van der Waals surface area contributed by atoms with Crippen LogP contribution in [0.5, 0.6) is 0 Å². The van der Waals surface area contributed by atoms with Crippen molar-refractivity contribution in [3.05, 3.63) is 0 Å². The minimum absolute atomic E-state index is 0.101. The van der Waals surface area contributed by atoms with E-state index in [1.165, 1.54) is 4.90 Å². The molecule has 0 aromatic carbocycles. The molecule has 10 nitrogen and oxygen atoms in total. The third kappa shape index (κ3) is 1.61. The predicted octanol–water partition coefficient (Wildman–Crippen LogP) is -5.86. The highest BCUT2D eigenvalue weighted by Crippen LogP contribution is 2.41. The molecule has 21 heavy (non-hydrogen) atoms. The molecule has 9 N–H and O–H groups in total. The summed E-state index contributed by atoms with van der Waals surface area (Å²) >= 11 is 0. The van der Waals surface area contributed by atoms with Crippen LogP contribution in [0.25, 0.3) is 0 Å².